The first kappa shape index (κ1) is 9.68. The second kappa shape index (κ2) is 4.11. The van der Waals surface area contributed by atoms with E-state index in [-0.39, 0.29) is 12.1 Å². The van der Waals surface area contributed by atoms with Gasteiger partial charge in [-0.3, -0.25) is 4.68 Å². The van der Waals surface area contributed by atoms with Crippen molar-refractivity contribution in [1.29, 1.82) is 0 Å². The first-order valence-electron chi connectivity index (χ1n) is 5.18. The fourth-order valence-electron chi connectivity index (χ4n) is 1.86. The van der Waals surface area contributed by atoms with E-state index in [4.69, 9.17) is 0 Å². The maximum Gasteiger partial charge on any atom is 0.0613 e. The molecule has 0 bridgehead atoms. The lowest BCUT2D eigenvalue weighted by Gasteiger charge is -2.41. The van der Waals surface area contributed by atoms with Gasteiger partial charge in [0.05, 0.1) is 13.2 Å². The number of aromatic nitrogens is 2. The monoisotopic (exact) mass is 195 g/mol. The van der Waals surface area contributed by atoms with Crippen LogP contribution in [0.1, 0.15) is 19.3 Å². The Labute approximate surface area is 83.9 Å². The molecule has 2 N–H and O–H groups in total. The highest BCUT2D eigenvalue weighted by atomic mass is 16.3. The second-order valence-electron chi connectivity index (χ2n) is 3.99. The van der Waals surface area contributed by atoms with Crippen LogP contribution in [0, 0.1) is 0 Å². The van der Waals surface area contributed by atoms with Gasteiger partial charge < -0.3 is 10.4 Å². The normalized spacial score (nSPS) is 19.2. The molecule has 78 valence electrons. The molecule has 0 amide bonds. The minimum absolute atomic E-state index is 0.0210. The van der Waals surface area contributed by atoms with Gasteiger partial charge in [0.1, 0.15) is 0 Å². The summed E-state index contributed by atoms with van der Waals surface area (Å²) >= 11 is 0. The molecule has 1 aliphatic carbocycles. The molecule has 1 fully saturated rings. The lowest BCUT2D eigenvalue weighted by atomic mass is 9.77. The molecule has 0 radical (unpaired) electrons. The van der Waals surface area contributed by atoms with Crippen LogP contribution in [-0.4, -0.2) is 33.6 Å². The molecule has 0 spiro atoms. The third-order valence-corrected chi connectivity index (χ3v) is 3.01. The standard InChI is InChI=1S/C10H17N3O/c14-9-10(3-1-4-10)11-6-8-13-7-2-5-12-13/h2,5,7,11,14H,1,3-4,6,8-9H2. The fraction of sp³-hybridized carbons (Fsp3) is 0.700. The quantitative estimate of drug-likeness (QED) is 0.714. The highest BCUT2D eigenvalue weighted by Crippen LogP contribution is 2.30. The van der Waals surface area contributed by atoms with Gasteiger partial charge in [-0.2, -0.15) is 5.10 Å². The minimum Gasteiger partial charge on any atom is -0.394 e. The fourth-order valence-corrected chi connectivity index (χ4v) is 1.86. The third kappa shape index (κ3) is 1.96. The Balaban J connectivity index is 1.72. The molecule has 14 heavy (non-hydrogen) atoms. The summed E-state index contributed by atoms with van der Waals surface area (Å²) in [6, 6.07) is 1.92. The van der Waals surface area contributed by atoms with E-state index >= 15 is 0 Å². The van der Waals surface area contributed by atoms with Crippen LogP contribution >= 0.6 is 0 Å². The average Bonchev–Trinajstić information content (AvgIpc) is 2.62. The van der Waals surface area contributed by atoms with Crippen molar-refractivity contribution >= 4 is 0 Å². The van der Waals surface area contributed by atoms with Gasteiger partial charge in [-0.15, -0.1) is 0 Å². The molecule has 1 heterocycles. The van der Waals surface area contributed by atoms with Crippen molar-refractivity contribution in [2.75, 3.05) is 13.2 Å². The molecule has 4 nitrogen and oxygen atoms in total. The van der Waals surface area contributed by atoms with Gasteiger partial charge >= 0.3 is 0 Å². The van der Waals surface area contributed by atoms with E-state index < -0.39 is 0 Å². The summed E-state index contributed by atoms with van der Waals surface area (Å²) in [6.07, 6.45) is 7.17. The van der Waals surface area contributed by atoms with Gasteiger partial charge in [-0.1, -0.05) is 0 Å². The van der Waals surface area contributed by atoms with E-state index in [2.05, 4.69) is 10.4 Å². The first-order valence-corrected chi connectivity index (χ1v) is 5.18. The highest BCUT2D eigenvalue weighted by Gasteiger charge is 2.35. The third-order valence-electron chi connectivity index (χ3n) is 3.01. The topological polar surface area (TPSA) is 50.1 Å². The maximum atomic E-state index is 9.21. The summed E-state index contributed by atoms with van der Waals surface area (Å²) in [4.78, 5) is 0. The Morgan fingerprint density at radius 3 is 2.86 bits per heavy atom. The smallest absolute Gasteiger partial charge is 0.0613 e. The molecule has 1 aliphatic rings. The highest BCUT2D eigenvalue weighted by molar-refractivity contribution is 4.95. The zero-order valence-electron chi connectivity index (χ0n) is 8.32. The summed E-state index contributed by atoms with van der Waals surface area (Å²) in [5.41, 5.74) is 0.0210. The maximum absolute atomic E-state index is 9.21. The van der Waals surface area contributed by atoms with Crippen LogP contribution in [0.5, 0.6) is 0 Å². The molecular weight excluding hydrogens is 178 g/mol. The van der Waals surface area contributed by atoms with Gasteiger partial charge in [-0.05, 0) is 25.3 Å². The van der Waals surface area contributed by atoms with Gasteiger partial charge in [0.25, 0.3) is 0 Å². The SMILES string of the molecule is OCC1(NCCn2cccn2)CCC1. The van der Waals surface area contributed by atoms with E-state index in [1.165, 1.54) is 6.42 Å². The lowest BCUT2D eigenvalue weighted by molar-refractivity contribution is 0.0879. The van der Waals surface area contributed by atoms with Gasteiger partial charge in [-0.25, -0.2) is 0 Å². The number of aliphatic hydroxyl groups is 1. The average molecular weight is 195 g/mol. The molecule has 4 heteroatoms. The molecule has 0 unspecified atom stereocenters. The van der Waals surface area contributed by atoms with E-state index in [0.29, 0.717) is 0 Å². The number of hydrogen-bond acceptors (Lipinski definition) is 3. The number of nitrogens with one attached hydrogen (secondary N) is 1. The van der Waals surface area contributed by atoms with Crippen molar-refractivity contribution in [2.45, 2.75) is 31.3 Å². The molecule has 1 saturated carbocycles. The molecule has 0 atom stereocenters. The van der Waals surface area contributed by atoms with Gasteiger partial charge in [0.15, 0.2) is 0 Å². The molecule has 1 aromatic rings. The Hall–Kier alpha value is -0.870. The summed E-state index contributed by atoms with van der Waals surface area (Å²) in [6.45, 7) is 2.00. The van der Waals surface area contributed by atoms with Crippen LogP contribution in [0.2, 0.25) is 0 Å². The van der Waals surface area contributed by atoms with E-state index in [0.717, 1.165) is 25.9 Å². The van der Waals surface area contributed by atoms with Crippen molar-refractivity contribution in [3.05, 3.63) is 18.5 Å². The minimum atomic E-state index is 0.0210. The molecule has 1 aromatic heterocycles. The van der Waals surface area contributed by atoms with Crippen molar-refractivity contribution in [3.8, 4) is 0 Å². The number of aliphatic hydroxyl groups excluding tert-OH is 1. The first-order chi connectivity index (χ1) is 6.85. The van der Waals surface area contributed by atoms with E-state index in [1.54, 1.807) is 6.20 Å². The van der Waals surface area contributed by atoms with Crippen molar-refractivity contribution in [1.82, 2.24) is 15.1 Å². The van der Waals surface area contributed by atoms with Crippen LogP contribution in [0.15, 0.2) is 18.5 Å². The zero-order valence-corrected chi connectivity index (χ0v) is 8.32. The van der Waals surface area contributed by atoms with Crippen molar-refractivity contribution in [2.24, 2.45) is 0 Å². The predicted octanol–water partition coefficient (Wildman–Crippen LogP) is 0.388. The molecule has 2 rings (SSSR count). The zero-order chi connectivity index (χ0) is 9.86. The van der Waals surface area contributed by atoms with Crippen LogP contribution in [0.3, 0.4) is 0 Å². The lowest BCUT2D eigenvalue weighted by Crippen LogP contribution is -2.54. The Morgan fingerprint density at radius 2 is 2.36 bits per heavy atom. The molecule has 0 saturated heterocycles. The van der Waals surface area contributed by atoms with Crippen molar-refractivity contribution < 1.29 is 5.11 Å². The summed E-state index contributed by atoms with van der Waals surface area (Å²) in [7, 11) is 0. The van der Waals surface area contributed by atoms with Crippen LogP contribution < -0.4 is 5.32 Å². The van der Waals surface area contributed by atoms with E-state index in [9.17, 15) is 5.11 Å². The molecule has 0 aliphatic heterocycles. The Bertz CT molecular complexity index is 261. The molecular formula is C10H17N3O. The van der Waals surface area contributed by atoms with Crippen LogP contribution in [0.4, 0.5) is 0 Å². The number of hydrogen-bond donors (Lipinski definition) is 2. The van der Waals surface area contributed by atoms with Gasteiger partial charge in [0, 0.05) is 24.5 Å². The summed E-state index contributed by atoms with van der Waals surface area (Å²) in [5, 5.41) is 16.7. The summed E-state index contributed by atoms with van der Waals surface area (Å²) < 4.78 is 1.90. The summed E-state index contributed by atoms with van der Waals surface area (Å²) in [5.74, 6) is 0. The molecule has 0 aromatic carbocycles. The van der Waals surface area contributed by atoms with Crippen LogP contribution in [0.25, 0.3) is 0 Å². The van der Waals surface area contributed by atoms with Crippen LogP contribution in [-0.2, 0) is 6.54 Å². The van der Waals surface area contributed by atoms with E-state index in [1.807, 2.05) is 16.9 Å². The Morgan fingerprint density at radius 1 is 1.50 bits per heavy atom. The van der Waals surface area contributed by atoms with Crippen molar-refractivity contribution in [3.63, 3.8) is 0 Å². The Kier molecular flexibility index (Phi) is 2.84. The second-order valence-corrected chi connectivity index (χ2v) is 3.99. The number of nitrogens with zero attached hydrogens (tertiary/aromatic N) is 2. The predicted molar refractivity (Wildman–Crippen MR) is 53.9 cm³/mol. The largest absolute Gasteiger partial charge is 0.394 e. The number of rotatable bonds is 5. The van der Waals surface area contributed by atoms with Gasteiger partial charge in [0.2, 0.25) is 0 Å².